The fourth-order valence-electron chi connectivity index (χ4n) is 4.26. The van der Waals surface area contributed by atoms with Crippen LogP contribution in [0.2, 0.25) is 0 Å². The molecule has 4 aromatic rings. The molecule has 2 amide bonds. The average Bonchev–Trinajstić information content (AvgIpc) is 3.52. The number of carbonyl (C=O) groups is 3. The molecule has 41 heavy (non-hydrogen) atoms. The number of ether oxygens (including phenoxy) is 1. The molecule has 2 aromatic carbocycles. The van der Waals surface area contributed by atoms with Crippen molar-refractivity contribution in [2.75, 3.05) is 11.9 Å². The van der Waals surface area contributed by atoms with Crippen LogP contribution in [0.15, 0.2) is 54.6 Å². The van der Waals surface area contributed by atoms with Crippen LogP contribution in [-0.4, -0.2) is 54.1 Å². The van der Waals surface area contributed by atoms with Crippen molar-refractivity contribution >= 4 is 35.0 Å². The molecule has 212 valence electrons. The molecule has 1 atom stereocenters. The normalized spacial score (nSPS) is 11.4. The molecular weight excluding hydrogens is 528 g/mol. The number of rotatable bonds is 10. The predicted molar refractivity (Wildman–Crippen MR) is 150 cm³/mol. The van der Waals surface area contributed by atoms with E-state index in [1.54, 1.807) is 40.4 Å². The Balaban J connectivity index is 1.54. The number of imidazole rings is 1. The van der Waals surface area contributed by atoms with Crippen molar-refractivity contribution in [1.82, 2.24) is 24.6 Å². The maximum Gasteiger partial charge on any atom is 0.407 e. The first-order valence-corrected chi connectivity index (χ1v) is 13.0. The SMILES string of the molecule is CCn1nc(C)cc1C(=O)Nc1nc2c(C(O)C#CC(=O)O)cccc2n1CCCNC(=O)OCc1ccccc1. The molecule has 0 aliphatic rings. The lowest BCUT2D eigenvalue weighted by atomic mass is 10.1. The molecule has 1 unspecified atom stereocenters. The van der Waals surface area contributed by atoms with Crippen LogP contribution in [0.1, 0.15) is 46.8 Å². The lowest BCUT2D eigenvalue weighted by Gasteiger charge is -2.12. The molecular formula is C29H30N6O6. The number of carboxylic acids is 1. The van der Waals surface area contributed by atoms with Gasteiger partial charge in [0.1, 0.15) is 18.4 Å². The van der Waals surface area contributed by atoms with E-state index < -0.39 is 24.1 Å². The van der Waals surface area contributed by atoms with Gasteiger partial charge in [-0.05, 0) is 38.0 Å². The molecule has 0 saturated carbocycles. The maximum atomic E-state index is 13.2. The summed E-state index contributed by atoms with van der Waals surface area (Å²) in [6.07, 6.45) is -1.50. The Kier molecular flexibility index (Phi) is 9.34. The zero-order valence-electron chi connectivity index (χ0n) is 22.6. The molecule has 0 fully saturated rings. The minimum Gasteiger partial charge on any atom is -0.472 e. The van der Waals surface area contributed by atoms with Crippen molar-refractivity contribution in [1.29, 1.82) is 0 Å². The van der Waals surface area contributed by atoms with Gasteiger partial charge in [0.25, 0.3) is 5.91 Å². The summed E-state index contributed by atoms with van der Waals surface area (Å²) in [6.45, 7) is 4.95. The number of amides is 2. The fourth-order valence-corrected chi connectivity index (χ4v) is 4.26. The first-order valence-electron chi connectivity index (χ1n) is 13.0. The van der Waals surface area contributed by atoms with E-state index in [1.807, 2.05) is 43.2 Å². The second kappa shape index (κ2) is 13.3. The van der Waals surface area contributed by atoms with Gasteiger partial charge in [-0.1, -0.05) is 48.4 Å². The van der Waals surface area contributed by atoms with E-state index in [0.29, 0.717) is 47.5 Å². The number of benzene rings is 2. The Hall–Kier alpha value is -5.15. The number of carboxylic acid groups (broad SMARTS) is 1. The van der Waals surface area contributed by atoms with Gasteiger partial charge in [0, 0.05) is 31.1 Å². The third kappa shape index (κ3) is 7.28. The Morgan fingerprint density at radius 2 is 1.90 bits per heavy atom. The largest absolute Gasteiger partial charge is 0.472 e. The van der Waals surface area contributed by atoms with Gasteiger partial charge in [0.15, 0.2) is 0 Å². The molecule has 2 aromatic heterocycles. The van der Waals surface area contributed by atoms with E-state index in [1.165, 1.54) is 0 Å². The molecule has 0 bridgehead atoms. The molecule has 0 aliphatic carbocycles. The van der Waals surface area contributed by atoms with Crippen molar-refractivity contribution in [2.24, 2.45) is 0 Å². The molecule has 12 nitrogen and oxygen atoms in total. The highest BCUT2D eigenvalue weighted by Gasteiger charge is 2.21. The number of aliphatic carboxylic acids is 1. The Morgan fingerprint density at radius 3 is 2.63 bits per heavy atom. The molecule has 0 spiro atoms. The van der Waals surface area contributed by atoms with Crippen molar-refractivity contribution in [3.8, 4) is 11.8 Å². The summed E-state index contributed by atoms with van der Waals surface area (Å²) in [4.78, 5) is 40.8. The smallest absolute Gasteiger partial charge is 0.407 e. The lowest BCUT2D eigenvalue weighted by molar-refractivity contribution is -0.130. The number of hydrogen-bond donors (Lipinski definition) is 4. The molecule has 0 aliphatic heterocycles. The van der Waals surface area contributed by atoms with E-state index in [9.17, 15) is 19.5 Å². The van der Waals surface area contributed by atoms with Gasteiger partial charge in [-0.3, -0.25) is 14.8 Å². The quantitative estimate of drug-likeness (QED) is 0.170. The highest BCUT2D eigenvalue weighted by Crippen LogP contribution is 2.27. The summed E-state index contributed by atoms with van der Waals surface area (Å²) in [6, 6.07) is 16.0. The lowest BCUT2D eigenvalue weighted by Crippen LogP contribution is -2.26. The van der Waals surface area contributed by atoms with Crippen LogP contribution >= 0.6 is 0 Å². The zero-order valence-corrected chi connectivity index (χ0v) is 22.6. The van der Waals surface area contributed by atoms with Gasteiger partial charge >= 0.3 is 12.1 Å². The number of nitrogens with zero attached hydrogens (tertiary/aromatic N) is 4. The Labute approximate surface area is 236 Å². The number of aromatic nitrogens is 4. The van der Waals surface area contributed by atoms with E-state index >= 15 is 0 Å². The van der Waals surface area contributed by atoms with Crippen molar-refractivity contribution in [2.45, 2.75) is 46.1 Å². The zero-order chi connectivity index (χ0) is 29.4. The Bertz CT molecular complexity index is 1620. The highest BCUT2D eigenvalue weighted by atomic mass is 16.5. The molecule has 12 heteroatoms. The molecule has 2 heterocycles. The summed E-state index contributed by atoms with van der Waals surface area (Å²) in [5.41, 5.74) is 3.16. The van der Waals surface area contributed by atoms with Gasteiger partial charge in [-0.25, -0.2) is 14.6 Å². The fraction of sp³-hybridized carbons (Fsp3) is 0.276. The van der Waals surface area contributed by atoms with Gasteiger partial charge < -0.3 is 24.8 Å². The molecule has 4 N–H and O–H groups in total. The first-order chi connectivity index (χ1) is 19.8. The number of nitrogens with one attached hydrogen (secondary N) is 2. The highest BCUT2D eigenvalue weighted by molar-refractivity contribution is 6.03. The predicted octanol–water partition coefficient (Wildman–Crippen LogP) is 3.25. The molecule has 0 radical (unpaired) electrons. The summed E-state index contributed by atoms with van der Waals surface area (Å²) in [5, 5.41) is 29.3. The standard InChI is InChI=1S/C29H30N6O6/c1-3-35-23(17-19(2)33-35)27(39)32-28-31-26-21(24(36)13-14-25(37)38)11-7-12-22(26)34(28)16-8-15-30-29(40)41-18-20-9-5-4-6-10-20/h4-7,9-12,17,24,36H,3,8,15-16,18H2,1-2H3,(H,30,40)(H,37,38)(H,31,32,39). The number of aliphatic hydroxyl groups excluding tert-OH is 1. The van der Waals surface area contributed by atoms with Gasteiger partial charge in [0.05, 0.1) is 16.7 Å². The number of hydrogen-bond acceptors (Lipinski definition) is 7. The van der Waals surface area contributed by atoms with Crippen LogP contribution in [0.3, 0.4) is 0 Å². The Morgan fingerprint density at radius 1 is 1.12 bits per heavy atom. The third-order valence-corrected chi connectivity index (χ3v) is 6.12. The van der Waals surface area contributed by atoms with E-state index in [-0.39, 0.29) is 19.1 Å². The second-order valence-electron chi connectivity index (χ2n) is 9.06. The molecule has 0 saturated heterocycles. The van der Waals surface area contributed by atoms with Crippen molar-refractivity contribution in [3.63, 3.8) is 0 Å². The van der Waals surface area contributed by atoms with Crippen molar-refractivity contribution < 1.29 is 29.3 Å². The van der Waals surface area contributed by atoms with Crippen LogP contribution in [0, 0.1) is 18.8 Å². The number of aryl methyl sites for hydroxylation is 3. The third-order valence-electron chi connectivity index (χ3n) is 6.12. The van der Waals surface area contributed by atoms with E-state index in [4.69, 9.17) is 9.84 Å². The van der Waals surface area contributed by atoms with E-state index in [0.717, 1.165) is 5.56 Å². The topological polar surface area (TPSA) is 161 Å². The summed E-state index contributed by atoms with van der Waals surface area (Å²) in [5.74, 6) is 2.64. The number of para-hydroxylation sites is 1. The second-order valence-corrected chi connectivity index (χ2v) is 9.06. The van der Waals surface area contributed by atoms with Crippen LogP contribution < -0.4 is 10.6 Å². The monoisotopic (exact) mass is 558 g/mol. The van der Waals surface area contributed by atoms with Crippen LogP contribution in [0.4, 0.5) is 10.7 Å². The summed E-state index contributed by atoms with van der Waals surface area (Å²) in [7, 11) is 0. The number of anilines is 1. The molecule has 4 rings (SSSR count). The maximum absolute atomic E-state index is 13.2. The van der Waals surface area contributed by atoms with Crippen LogP contribution in [-0.2, 0) is 29.2 Å². The van der Waals surface area contributed by atoms with Crippen LogP contribution in [0.25, 0.3) is 11.0 Å². The van der Waals surface area contributed by atoms with E-state index in [2.05, 4.69) is 26.6 Å². The first kappa shape index (κ1) is 28.8. The van der Waals surface area contributed by atoms with Crippen LogP contribution in [0.5, 0.6) is 0 Å². The average molecular weight is 559 g/mol. The number of carbonyl (C=O) groups excluding carboxylic acids is 2. The summed E-state index contributed by atoms with van der Waals surface area (Å²) >= 11 is 0. The number of aliphatic hydroxyl groups is 1. The minimum absolute atomic E-state index is 0.151. The van der Waals surface area contributed by atoms with Gasteiger partial charge in [0.2, 0.25) is 5.95 Å². The van der Waals surface area contributed by atoms with Gasteiger partial charge in [-0.15, -0.1) is 0 Å². The number of fused-ring (bicyclic) bond motifs is 1. The summed E-state index contributed by atoms with van der Waals surface area (Å²) < 4.78 is 8.59. The van der Waals surface area contributed by atoms with Crippen molar-refractivity contribution in [3.05, 3.63) is 77.1 Å². The van der Waals surface area contributed by atoms with Gasteiger partial charge in [-0.2, -0.15) is 5.10 Å². The minimum atomic E-state index is -1.41. The number of alkyl carbamates (subject to hydrolysis) is 1.